The number of aromatic nitrogens is 4. The number of nitrogens with one attached hydrogen (secondary N) is 2. The van der Waals surface area contributed by atoms with Gasteiger partial charge in [0.05, 0.1) is 5.69 Å². The molecule has 2 heterocycles. The first kappa shape index (κ1) is 14.2. The summed E-state index contributed by atoms with van der Waals surface area (Å²) in [5.41, 5.74) is 2.29. The van der Waals surface area contributed by atoms with Crippen LogP contribution in [0.1, 0.15) is 21.1 Å². The number of benzene rings is 1. The molecule has 0 saturated heterocycles. The molecule has 0 bridgehead atoms. The van der Waals surface area contributed by atoms with Crippen LogP contribution in [0.2, 0.25) is 0 Å². The molecule has 8 heteroatoms. The van der Waals surface area contributed by atoms with Crippen LogP contribution in [0.5, 0.6) is 5.75 Å². The van der Waals surface area contributed by atoms with Crippen molar-refractivity contribution in [3.63, 3.8) is 0 Å². The third-order valence-corrected chi connectivity index (χ3v) is 3.75. The number of amides is 1. The van der Waals surface area contributed by atoms with Crippen LogP contribution < -0.4 is 5.32 Å². The average Bonchev–Trinajstić information content (AvgIpc) is 3.08. The van der Waals surface area contributed by atoms with E-state index in [1.54, 1.807) is 18.2 Å². The van der Waals surface area contributed by atoms with E-state index in [0.717, 1.165) is 10.6 Å². The minimum absolute atomic E-state index is 0.123. The van der Waals surface area contributed by atoms with E-state index in [9.17, 15) is 9.90 Å². The molecule has 22 heavy (non-hydrogen) atoms. The molecule has 0 saturated carbocycles. The molecule has 2 aromatic heterocycles. The van der Waals surface area contributed by atoms with E-state index in [4.69, 9.17) is 0 Å². The maximum absolute atomic E-state index is 12.1. The first-order valence-electron chi connectivity index (χ1n) is 6.50. The fourth-order valence-electron chi connectivity index (χ4n) is 1.95. The number of rotatable bonds is 3. The van der Waals surface area contributed by atoms with Gasteiger partial charge in [-0.15, -0.1) is 10.2 Å². The van der Waals surface area contributed by atoms with Crippen molar-refractivity contribution < 1.29 is 9.90 Å². The van der Waals surface area contributed by atoms with Gasteiger partial charge in [-0.25, -0.2) is 0 Å². The lowest BCUT2D eigenvalue weighted by molar-refractivity contribution is 0.102. The van der Waals surface area contributed by atoms with E-state index < -0.39 is 0 Å². The highest BCUT2D eigenvalue weighted by Gasteiger charge is 2.14. The van der Waals surface area contributed by atoms with E-state index in [-0.39, 0.29) is 17.4 Å². The Morgan fingerprint density at radius 2 is 2.09 bits per heavy atom. The highest BCUT2D eigenvalue weighted by molar-refractivity contribution is 7.15. The second kappa shape index (κ2) is 5.57. The summed E-state index contributed by atoms with van der Waals surface area (Å²) in [7, 11) is 0. The van der Waals surface area contributed by atoms with Gasteiger partial charge in [0.25, 0.3) is 5.91 Å². The number of aryl methyl sites for hydroxylation is 2. The van der Waals surface area contributed by atoms with Crippen molar-refractivity contribution >= 4 is 22.4 Å². The Hall–Kier alpha value is -2.74. The minimum Gasteiger partial charge on any atom is -0.507 e. The van der Waals surface area contributed by atoms with Crippen LogP contribution in [0.3, 0.4) is 0 Å². The quantitative estimate of drug-likeness (QED) is 0.689. The first-order valence-corrected chi connectivity index (χ1v) is 7.31. The second-order valence-corrected chi connectivity index (χ2v) is 5.95. The molecule has 0 aliphatic carbocycles. The molecule has 3 N–H and O–H groups in total. The van der Waals surface area contributed by atoms with Gasteiger partial charge < -0.3 is 5.11 Å². The van der Waals surface area contributed by atoms with E-state index in [0.29, 0.717) is 16.4 Å². The molecule has 0 aliphatic heterocycles. The number of phenols is 1. The highest BCUT2D eigenvalue weighted by atomic mass is 32.1. The monoisotopic (exact) mass is 315 g/mol. The molecule has 0 aliphatic rings. The lowest BCUT2D eigenvalue weighted by atomic mass is 10.1. The Bertz CT molecular complexity index is 839. The molecule has 1 amide bonds. The van der Waals surface area contributed by atoms with Gasteiger partial charge in [-0.05, 0) is 37.6 Å². The summed E-state index contributed by atoms with van der Waals surface area (Å²) in [6, 6.07) is 6.85. The normalized spacial score (nSPS) is 10.6. The van der Waals surface area contributed by atoms with Crippen molar-refractivity contribution in [2.45, 2.75) is 13.8 Å². The van der Waals surface area contributed by atoms with Gasteiger partial charge in [0.1, 0.15) is 16.5 Å². The molecule has 3 rings (SSSR count). The topological polar surface area (TPSA) is 104 Å². The van der Waals surface area contributed by atoms with E-state index in [1.165, 1.54) is 11.3 Å². The van der Waals surface area contributed by atoms with Crippen molar-refractivity contribution in [3.05, 3.63) is 40.5 Å². The smallest absolute Gasteiger partial charge is 0.275 e. The van der Waals surface area contributed by atoms with Crippen LogP contribution in [0, 0.1) is 13.8 Å². The highest BCUT2D eigenvalue weighted by Crippen LogP contribution is 2.28. The third kappa shape index (κ3) is 2.82. The number of aromatic amines is 1. The lowest BCUT2D eigenvalue weighted by Gasteiger charge is -2.01. The van der Waals surface area contributed by atoms with E-state index in [1.807, 2.05) is 19.9 Å². The Balaban J connectivity index is 1.82. The Morgan fingerprint density at radius 3 is 2.77 bits per heavy atom. The number of hydrogen-bond donors (Lipinski definition) is 3. The van der Waals surface area contributed by atoms with Gasteiger partial charge in [0.2, 0.25) is 5.13 Å². The fraction of sp³-hybridized carbons (Fsp3) is 0.143. The fourth-order valence-corrected chi connectivity index (χ4v) is 2.53. The van der Waals surface area contributed by atoms with Crippen LogP contribution in [-0.2, 0) is 0 Å². The Kier molecular flexibility index (Phi) is 3.60. The summed E-state index contributed by atoms with van der Waals surface area (Å²) in [4.78, 5) is 12.1. The molecule has 0 spiro atoms. The summed E-state index contributed by atoms with van der Waals surface area (Å²) < 4.78 is 0. The number of carbonyl (C=O) groups excluding carboxylic acids is 1. The number of nitrogens with zero attached hydrogens (tertiary/aromatic N) is 3. The van der Waals surface area contributed by atoms with Crippen molar-refractivity contribution in [1.29, 1.82) is 0 Å². The van der Waals surface area contributed by atoms with Crippen molar-refractivity contribution in [2.75, 3.05) is 5.32 Å². The molecule has 0 unspecified atom stereocenters. The average molecular weight is 315 g/mol. The van der Waals surface area contributed by atoms with Gasteiger partial charge in [0, 0.05) is 5.56 Å². The first-order chi connectivity index (χ1) is 10.5. The van der Waals surface area contributed by atoms with Crippen molar-refractivity contribution in [2.24, 2.45) is 0 Å². The number of anilines is 1. The summed E-state index contributed by atoms with van der Waals surface area (Å²) in [5.74, 6) is -0.236. The van der Waals surface area contributed by atoms with Crippen LogP contribution in [-0.4, -0.2) is 31.4 Å². The number of hydrogen-bond acceptors (Lipinski definition) is 6. The van der Waals surface area contributed by atoms with Gasteiger partial charge >= 0.3 is 0 Å². The second-order valence-electron chi connectivity index (χ2n) is 4.77. The third-order valence-electron chi connectivity index (χ3n) is 3.00. The summed E-state index contributed by atoms with van der Waals surface area (Å²) in [6.45, 7) is 3.69. The van der Waals surface area contributed by atoms with Crippen LogP contribution in [0.15, 0.2) is 24.3 Å². The van der Waals surface area contributed by atoms with E-state index in [2.05, 4.69) is 25.7 Å². The summed E-state index contributed by atoms with van der Waals surface area (Å²) in [6.07, 6.45) is 0. The predicted octanol–water partition coefficient (Wildman–Crippen LogP) is 2.50. The molecular formula is C14H13N5O2S. The molecule has 0 atom stereocenters. The van der Waals surface area contributed by atoms with Crippen molar-refractivity contribution in [3.8, 4) is 17.0 Å². The largest absolute Gasteiger partial charge is 0.507 e. The van der Waals surface area contributed by atoms with Gasteiger partial charge in [0.15, 0.2) is 0 Å². The zero-order valence-electron chi connectivity index (χ0n) is 11.9. The maximum atomic E-state index is 12.1. The van der Waals surface area contributed by atoms with Crippen LogP contribution in [0.4, 0.5) is 5.13 Å². The molecule has 3 aromatic rings. The zero-order chi connectivity index (χ0) is 15.7. The number of carbonyl (C=O) groups is 1. The Labute approximate surface area is 130 Å². The van der Waals surface area contributed by atoms with Gasteiger partial charge in [-0.3, -0.25) is 15.2 Å². The standard InChI is InChI=1S/C14H13N5O2S/c1-7-3-4-9(12(20)5-7)10-6-11(18-17-10)13(21)15-14-19-16-8(2)22-14/h3-6,20H,1-2H3,(H,17,18)(H,15,19,21). The molecule has 112 valence electrons. The minimum atomic E-state index is -0.360. The number of aromatic hydroxyl groups is 1. The van der Waals surface area contributed by atoms with Gasteiger partial charge in [-0.2, -0.15) is 5.10 Å². The van der Waals surface area contributed by atoms with Crippen LogP contribution in [0.25, 0.3) is 11.3 Å². The molecule has 0 radical (unpaired) electrons. The Morgan fingerprint density at radius 1 is 1.27 bits per heavy atom. The number of H-pyrrole nitrogens is 1. The SMILES string of the molecule is Cc1ccc(-c2cc(C(=O)Nc3nnc(C)s3)[nH]n2)c(O)c1. The zero-order valence-corrected chi connectivity index (χ0v) is 12.7. The maximum Gasteiger partial charge on any atom is 0.275 e. The van der Waals surface area contributed by atoms with Crippen LogP contribution >= 0.6 is 11.3 Å². The van der Waals surface area contributed by atoms with Crippen molar-refractivity contribution in [1.82, 2.24) is 20.4 Å². The molecular weight excluding hydrogens is 302 g/mol. The number of phenolic OH excluding ortho intramolecular Hbond substituents is 1. The predicted molar refractivity (Wildman–Crippen MR) is 83.0 cm³/mol. The molecule has 7 nitrogen and oxygen atoms in total. The lowest BCUT2D eigenvalue weighted by Crippen LogP contribution is -2.12. The summed E-state index contributed by atoms with van der Waals surface area (Å²) >= 11 is 1.29. The molecule has 1 aromatic carbocycles. The molecule has 0 fully saturated rings. The van der Waals surface area contributed by atoms with Gasteiger partial charge in [-0.1, -0.05) is 17.4 Å². The summed E-state index contributed by atoms with van der Waals surface area (Å²) in [5, 5.41) is 28.2. The van der Waals surface area contributed by atoms with E-state index >= 15 is 0 Å².